The zero-order chi connectivity index (χ0) is 5.14. The van der Waals surface area contributed by atoms with Gasteiger partial charge in [0.2, 0.25) is 0 Å². The summed E-state index contributed by atoms with van der Waals surface area (Å²) in [6.07, 6.45) is 7.53. The summed E-state index contributed by atoms with van der Waals surface area (Å²) < 4.78 is 0. The van der Waals surface area contributed by atoms with Gasteiger partial charge in [0.05, 0.1) is 0 Å². The van der Waals surface area contributed by atoms with Crippen molar-refractivity contribution in [2.45, 2.75) is 12.8 Å². The van der Waals surface area contributed by atoms with Crippen molar-refractivity contribution in [3.05, 3.63) is 23.3 Å². The van der Waals surface area contributed by atoms with Gasteiger partial charge in [0, 0.05) is 5.92 Å². The van der Waals surface area contributed by atoms with Crippen LogP contribution in [0, 0.1) is 11.8 Å². The Morgan fingerprint density at radius 2 is 2.50 bits per heavy atom. The van der Waals surface area contributed by atoms with Crippen LogP contribution in [0.2, 0.25) is 0 Å². The number of allylic oxidation sites excluding steroid dienone is 4. The molecule has 40 valence electrons. The molecule has 3 aliphatic rings. The molecular formula is C8H8. The molecule has 0 nitrogen and oxygen atoms in total. The minimum Gasteiger partial charge on any atom is -0.0761 e. The van der Waals surface area contributed by atoms with E-state index in [1.807, 2.05) is 0 Å². The van der Waals surface area contributed by atoms with Crippen LogP contribution in [0.3, 0.4) is 0 Å². The second kappa shape index (κ2) is 0.812. The van der Waals surface area contributed by atoms with Crippen LogP contribution < -0.4 is 0 Å². The summed E-state index contributed by atoms with van der Waals surface area (Å²) in [5.41, 5.74) is 3.48. The first kappa shape index (κ1) is 3.49. The van der Waals surface area contributed by atoms with Gasteiger partial charge in [0.25, 0.3) is 0 Å². The van der Waals surface area contributed by atoms with Crippen LogP contribution in [0.15, 0.2) is 23.3 Å². The fourth-order valence-electron chi connectivity index (χ4n) is 2.09. The molecule has 0 saturated heterocycles. The highest BCUT2D eigenvalue weighted by atomic mass is 14.5. The lowest BCUT2D eigenvalue weighted by atomic mass is 9.53. The van der Waals surface area contributed by atoms with Crippen molar-refractivity contribution in [2.24, 2.45) is 11.8 Å². The Bertz CT molecular complexity index is 208. The summed E-state index contributed by atoms with van der Waals surface area (Å²) in [5, 5.41) is 0. The fraction of sp³-hybridized carbons (Fsp3) is 0.500. The average Bonchev–Trinajstić information content (AvgIpc) is 1.70. The van der Waals surface area contributed by atoms with Crippen molar-refractivity contribution < 1.29 is 0 Å². The highest BCUT2D eigenvalue weighted by Crippen LogP contribution is 2.58. The highest BCUT2D eigenvalue weighted by molar-refractivity contribution is 5.53. The van der Waals surface area contributed by atoms with E-state index < -0.39 is 0 Å². The molecular weight excluding hydrogens is 96.1 g/mol. The van der Waals surface area contributed by atoms with E-state index in [4.69, 9.17) is 0 Å². The van der Waals surface area contributed by atoms with Crippen molar-refractivity contribution in [3.8, 4) is 0 Å². The topological polar surface area (TPSA) is 0 Å². The van der Waals surface area contributed by atoms with Gasteiger partial charge >= 0.3 is 0 Å². The molecule has 0 aliphatic heterocycles. The van der Waals surface area contributed by atoms with Gasteiger partial charge in [-0.3, -0.25) is 0 Å². The fourth-order valence-corrected chi connectivity index (χ4v) is 2.09. The van der Waals surface area contributed by atoms with Crippen LogP contribution in [0.1, 0.15) is 12.8 Å². The molecule has 1 fully saturated rings. The maximum absolute atomic E-state index is 2.35. The van der Waals surface area contributed by atoms with Crippen LogP contribution >= 0.6 is 0 Å². The Labute approximate surface area is 48.9 Å². The van der Waals surface area contributed by atoms with Crippen LogP contribution in [0.5, 0.6) is 0 Å². The maximum Gasteiger partial charge on any atom is 0.00865 e. The third-order valence-electron chi connectivity index (χ3n) is 2.82. The largest absolute Gasteiger partial charge is 0.0761 e. The van der Waals surface area contributed by atoms with Gasteiger partial charge in [-0.15, -0.1) is 0 Å². The molecule has 1 saturated carbocycles. The molecule has 0 radical (unpaired) electrons. The summed E-state index contributed by atoms with van der Waals surface area (Å²) >= 11 is 0. The number of fused-ring (bicyclic) bond motifs is 3. The first-order chi connectivity index (χ1) is 3.97. The molecule has 0 heterocycles. The predicted octanol–water partition coefficient (Wildman–Crippen LogP) is 1.89. The van der Waals surface area contributed by atoms with Gasteiger partial charge < -0.3 is 0 Å². The number of hydrogen-bond donors (Lipinski definition) is 0. The predicted molar refractivity (Wildman–Crippen MR) is 32.4 cm³/mol. The summed E-state index contributed by atoms with van der Waals surface area (Å²) in [4.78, 5) is 0. The molecule has 8 heavy (non-hydrogen) atoms. The zero-order valence-electron chi connectivity index (χ0n) is 4.72. The molecule has 0 aromatic heterocycles. The molecule has 0 aromatic rings. The summed E-state index contributed by atoms with van der Waals surface area (Å²) in [6.45, 7) is 0. The van der Waals surface area contributed by atoms with Gasteiger partial charge in [-0.1, -0.05) is 17.7 Å². The van der Waals surface area contributed by atoms with Crippen molar-refractivity contribution in [3.63, 3.8) is 0 Å². The van der Waals surface area contributed by atoms with Crippen molar-refractivity contribution in [1.29, 1.82) is 0 Å². The molecule has 0 bridgehead atoms. The smallest absolute Gasteiger partial charge is 0.00865 e. The molecule has 2 atom stereocenters. The van der Waals surface area contributed by atoms with Gasteiger partial charge in [0.15, 0.2) is 0 Å². The second-order valence-electron chi connectivity index (χ2n) is 3.01. The number of hydrogen-bond acceptors (Lipinski definition) is 0. The molecule has 3 rings (SSSR count). The second-order valence-corrected chi connectivity index (χ2v) is 3.01. The van der Waals surface area contributed by atoms with Gasteiger partial charge in [-0.05, 0) is 24.3 Å². The summed E-state index contributed by atoms with van der Waals surface area (Å²) in [5.74, 6) is 1.98. The Balaban J connectivity index is 2.21. The van der Waals surface area contributed by atoms with Crippen LogP contribution in [0.25, 0.3) is 0 Å². The standard InChI is InChI=1S/C8H8/c1-2-6-5(1)7-3-4-8(6)7/h1-2,5,7H,3-4H2/t5-,7-/m0/s1. The van der Waals surface area contributed by atoms with Crippen LogP contribution in [-0.4, -0.2) is 0 Å². The summed E-state index contributed by atoms with van der Waals surface area (Å²) in [7, 11) is 0. The third kappa shape index (κ3) is 0.169. The monoisotopic (exact) mass is 104 g/mol. The SMILES string of the molecule is C1=C[C@H]2C1=C1CC[C@H]12. The Morgan fingerprint density at radius 1 is 1.50 bits per heavy atom. The average molecular weight is 104 g/mol. The van der Waals surface area contributed by atoms with Crippen LogP contribution in [0.4, 0.5) is 0 Å². The van der Waals surface area contributed by atoms with Gasteiger partial charge in [0.1, 0.15) is 0 Å². The molecule has 0 amide bonds. The maximum atomic E-state index is 2.35. The molecule has 0 heteroatoms. The van der Waals surface area contributed by atoms with E-state index in [1.165, 1.54) is 12.8 Å². The molecule has 3 aliphatic carbocycles. The molecule has 0 N–H and O–H groups in total. The molecule has 0 unspecified atom stereocenters. The Hall–Kier alpha value is -0.520. The molecule has 0 aromatic carbocycles. The Kier molecular flexibility index (Phi) is 0.355. The zero-order valence-corrected chi connectivity index (χ0v) is 4.72. The normalized spacial score (nSPS) is 46.0. The van der Waals surface area contributed by atoms with E-state index in [2.05, 4.69) is 12.2 Å². The van der Waals surface area contributed by atoms with E-state index in [0.29, 0.717) is 0 Å². The molecule has 0 spiro atoms. The van der Waals surface area contributed by atoms with Crippen molar-refractivity contribution in [1.82, 2.24) is 0 Å². The minimum absolute atomic E-state index is 0.943. The first-order valence-electron chi connectivity index (χ1n) is 3.38. The lowest BCUT2D eigenvalue weighted by Gasteiger charge is -2.51. The minimum atomic E-state index is 0.943. The third-order valence-corrected chi connectivity index (χ3v) is 2.82. The lowest BCUT2D eigenvalue weighted by molar-refractivity contribution is 0.297. The van der Waals surface area contributed by atoms with E-state index in [-0.39, 0.29) is 0 Å². The Morgan fingerprint density at radius 3 is 2.62 bits per heavy atom. The summed E-state index contributed by atoms with van der Waals surface area (Å²) in [6, 6.07) is 0. The first-order valence-corrected chi connectivity index (χ1v) is 3.38. The van der Waals surface area contributed by atoms with Crippen molar-refractivity contribution in [2.75, 3.05) is 0 Å². The van der Waals surface area contributed by atoms with E-state index in [9.17, 15) is 0 Å². The van der Waals surface area contributed by atoms with E-state index in [1.54, 1.807) is 11.1 Å². The van der Waals surface area contributed by atoms with Gasteiger partial charge in [-0.25, -0.2) is 0 Å². The lowest BCUT2D eigenvalue weighted by Crippen LogP contribution is -2.39. The van der Waals surface area contributed by atoms with Crippen molar-refractivity contribution >= 4 is 0 Å². The van der Waals surface area contributed by atoms with Gasteiger partial charge in [-0.2, -0.15) is 0 Å². The highest BCUT2D eigenvalue weighted by Gasteiger charge is 2.46. The van der Waals surface area contributed by atoms with E-state index in [0.717, 1.165) is 11.8 Å². The quantitative estimate of drug-likeness (QED) is 0.440. The van der Waals surface area contributed by atoms with E-state index >= 15 is 0 Å². The number of rotatable bonds is 0. The van der Waals surface area contributed by atoms with Crippen LogP contribution in [-0.2, 0) is 0 Å².